The summed E-state index contributed by atoms with van der Waals surface area (Å²) in [6.45, 7) is 2.67. The molecular weight excluding hydrogens is 226 g/mol. The molecule has 0 aromatic heterocycles. The molecule has 2 rings (SSSR count). The Balaban J connectivity index is 1.89. The van der Waals surface area contributed by atoms with Crippen molar-refractivity contribution in [3.8, 4) is 0 Å². The Morgan fingerprint density at radius 3 is 3.00 bits per heavy atom. The first kappa shape index (κ1) is 13.1. The summed E-state index contributed by atoms with van der Waals surface area (Å²) in [5.41, 5.74) is 8.93. The van der Waals surface area contributed by atoms with Crippen LogP contribution in [0, 0.1) is 0 Å². The van der Waals surface area contributed by atoms with Crippen LogP contribution >= 0.6 is 0 Å². The van der Waals surface area contributed by atoms with Gasteiger partial charge in [-0.1, -0.05) is 12.1 Å². The van der Waals surface area contributed by atoms with E-state index in [2.05, 4.69) is 23.5 Å². The van der Waals surface area contributed by atoms with Crippen LogP contribution in [0.5, 0.6) is 0 Å². The van der Waals surface area contributed by atoms with Gasteiger partial charge >= 0.3 is 0 Å². The maximum Gasteiger partial charge on any atom is 0.231 e. The number of rotatable bonds is 6. The third-order valence-electron chi connectivity index (χ3n) is 3.37. The molecule has 18 heavy (non-hydrogen) atoms. The average Bonchev–Trinajstić information content (AvgIpc) is 2.65. The highest BCUT2D eigenvalue weighted by molar-refractivity contribution is 6.00. The largest absolute Gasteiger partial charge is 0.330 e. The predicted octanol–water partition coefficient (Wildman–Crippen LogP) is 0.686. The van der Waals surface area contributed by atoms with Crippen LogP contribution in [0.15, 0.2) is 18.2 Å². The molecular formula is C14H21N3O. The first-order valence-electron chi connectivity index (χ1n) is 6.51. The number of nitrogens with one attached hydrogen (secondary N) is 1. The van der Waals surface area contributed by atoms with Crippen LogP contribution < -0.4 is 16.0 Å². The van der Waals surface area contributed by atoms with Gasteiger partial charge in [-0.25, -0.2) is 0 Å². The molecule has 0 unspecified atom stereocenters. The second kappa shape index (κ2) is 5.98. The topological polar surface area (TPSA) is 58.4 Å². The summed E-state index contributed by atoms with van der Waals surface area (Å²) in [5.74, 6) is 0.184. The van der Waals surface area contributed by atoms with Crippen molar-refractivity contribution in [2.24, 2.45) is 5.73 Å². The zero-order chi connectivity index (χ0) is 13.0. The number of likely N-dealkylation sites (N-methyl/N-ethyl adjacent to an activating group) is 1. The second-order valence-corrected chi connectivity index (χ2v) is 4.73. The molecule has 0 aliphatic carbocycles. The number of fused-ring (bicyclic) bond motifs is 1. The van der Waals surface area contributed by atoms with Gasteiger partial charge in [-0.2, -0.15) is 0 Å². The lowest BCUT2D eigenvalue weighted by atomic mass is 10.1. The molecule has 0 saturated heterocycles. The van der Waals surface area contributed by atoms with Crippen LogP contribution in [0.4, 0.5) is 5.69 Å². The van der Waals surface area contributed by atoms with Gasteiger partial charge in [0, 0.05) is 12.7 Å². The number of amides is 1. The average molecular weight is 247 g/mol. The van der Waals surface area contributed by atoms with Crippen molar-refractivity contribution in [3.63, 3.8) is 0 Å². The molecule has 1 aliphatic rings. The lowest BCUT2D eigenvalue weighted by Crippen LogP contribution is -2.21. The fourth-order valence-corrected chi connectivity index (χ4v) is 2.26. The van der Waals surface area contributed by atoms with Crippen molar-refractivity contribution in [1.82, 2.24) is 5.32 Å². The molecule has 0 spiro atoms. The first-order valence-corrected chi connectivity index (χ1v) is 6.51. The van der Waals surface area contributed by atoms with Gasteiger partial charge < -0.3 is 16.0 Å². The van der Waals surface area contributed by atoms with E-state index < -0.39 is 0 Å². The monoisotopic (exact) mass is 247 g/mol. The lowest BCUT2D eigenvalue weighted by Gasteiger charge is -2.10. The SMILES string of the molecule is CN1C(=O)Cc2cc(CCNCCCN)ccc21. The summed E-state index contributed by atoms with van der Waals surface area (Å²) in [6.07, 6.45) is 2.56. The molecule has 0 atom stereocenters. The Morgan fingerprint density at radius 1 is 1.39 bits per heavy atom. The molecule has 1 aromatic rings. The van der Waals surface area contributed by atoms with E-state index in [1.807, 2.05) is 7.05 Å². The van der Waals surface area contributed by atoms with Gasteiger partial charge in [-0.15, -0.1) is 0 Å². The van der Waals surface area contributed by atoms with Crippen LogP contribution in [-0.2, 0) is 17.6 Å². The first-order chi connectivity index (χ1) is 8.72. The Hall–Kier alpha value is -1.39. The van der Waals surface area contributed by atoms with Crippen molar-refractivity contribution < 1.29 is 4.79 Å². The molecule has 4 nitrogen and oxygen atoms in total. The summed E-state index contributed by atoms with van der Waals surface area (Å²) in [6, 6.07) is 6.31. The molecule has 3 N–H and O–H groups in total. The number of nitrogens with zero attached hydrogens (tertiary/aromatic N) is 1. The summed E-state index contributed by atoms with van der Waals surface area (Å²) in [5, 5.41) is 3.36. The van der Waals surface area contributed by atoms with Crippen LogP contribution in [0.1, 0.15) is 17.5 Å². The molecule has 0 radical (unpaired) electrons. The number of anilines is 1. The number of carbonyl (C=O) groups is 1. The van der Waals surface area contributed by atoms with Crippen LogP contribution in [0.3, 0.4) is 0 Å². The molecule has 1 heterocycles. The normalized spacial score (nSPS) is 14.1. The zero-order valence-corrected chi connectivity index (χ0v) is 10.9. The van der Waals surface area contributed by atoms with E-state index in [0.717, 1.165) is 43.7 Å². The van der Waals surface area contributed by atoms with Gasteiger partial charge in [0.2, 0.25) is 5.91 Å². The number of benzene rings is 1. The van der Waals surface area contributed by atoms with Gasteiger partial charge in [-0.05, 0) is 49.7 Å². The van der Waals surface area contributed by atoms with E-state index in [4.69, 9.17) is 5.73 Å². The number of carbonyl (C=O) groups excluding carboxylic acids is 1. The highest BCUT2D eigenvalue weighted by Gasteiger charge is 2.23. The number of hydrogen-bond acceptors (Lipinski definition) is 3. The molecule has 1 amide bonds. The summed E-state index contributed by atoms with van der Waals surface area (Å²) >= 11 is 0. The molecule has 0 fully saturated rings. The standard InChI is InChI=1S/C14H21N3O/c1-17-13-4-3-11(5-8-16-7-2-6-15)9-12(13)10-14(17)18/h3-4,9,16H,2,5-8,10,15H2,1H3. The Morgan fingerprint density at radius 2 is 2.22 bits per heavy atom. The summed E-state index contributed by atoms with van der Waals surface area (Å²) in [4.78, 5) is 13.3. The fraction of sp³-hybridized carbons (Fsp3) is 0.500. The Bertz CT molecular complexity index is 431. The minimum absolute atomic E-state index is 0.184. The highest BCUT2D eigenvalue weighted by atomic mass is 16.2. The smallest absolute Gasteiger partial charge is 0.231 e. The van der Waals surface area contributed by atoms with Crippen molar-refractivity contribution in [2.75, 3.05) is 31.6 Å². The molecule has 1 aliphatic heterocycles. The van der Waals surface area contributed by atoms with E-state index in [-0.39, 0.29) is 5.91 Å². The van der Waals surface area contributed by atoms with E-state index in [9.17, 15) is 4.79 Å². The second-order valence-electron chi connectivity index (χ2n) is 4.73. The summed E-state index contributed by atoms with van der Waals surface area (Å²) in [7, 11) is 1.84. The van der Waals surface area contributed by atoms with E-state index >= 15 is 0 Å². The highest BCUT2D eigenvalue weighted by Crippen LogP contribution is 2.28. The third-order valence-corrected chi connectivity index (χ3v) is 3.37. The number of hydrogen-bond donors (Lipinski definition) is 2. The summed E-state index contributed by atoms with van der Waals surface area (Å²) < 4.78 is 0. The maximum atomic E-state index is 11.6. The quantitative estimate of drug-likeness (QED) is 0.727. The van der Waals surface area contributed by atoms with Gasteiger partial charge in [0.15, 0.2) is 0 Å². The molecule has 0 bridgehead atoms. The van der Waals surface area contributed by atoms with E-state index in [1.165, 1.54) is 5.56 Å². The third kappa shape index (κ3) is 2.89. The lowest BCUT2D eigenvalue weighted by molar-refractivity contribution is -0.117. The molecule has 98 valence electrons. The van der Waals surface area contributed by atoms with Gasteiger partial charge in [-0.3, -0.25) is 4.79 Å². The van der Waals surface area contributed by atoms with Crippen molar-refractivity contribution >= 4 is 11.6 Å². The van der Waals surface area contributed by atoms with Crippen molar-refractivity contribution in [3.05, 3.63) is 29.3 Å². The van der Waals surface area contributed by atoms with E-state index in [1.54, 1.807) is 4.90 Å². The van der Waals surface area contributed by atoms with Crippen LogP contribution in [-0.4, -0.2) is 32.6 Å². The fourth-order valence-electron chi connectivity index (χ4n) is 2.26. The van der Waals surface area contributed by atoms with E-state index in [0.29, 0.717) is 6.42 Å². The predicted molar refractivity (Wildman–Crippen MR) is 73.8 cm³/mol. The van der Waals surface area contributed by atoms with Gasteiger partial charge in [0.05, 0.1) is 6.42 Å². The van der Waals surface area contributed by atoms with Crippen molar-refractivity contribution in [2.45, 2.75) is 19.3 Å². The molecule has 1 aromatic carbocycles. The van der Waals surface area contributed by atoms with Crippen molar-refractivity contribution in [1.29, 1.82) is 0 Å². The van der Waals surface area contributed by atoms with Crippen LogP contribution in [0.2, 0.25) is 0 Å². The Labute approximate surface area is 108 Å². The minimum Gasteiger partial charge on any atom is -0.330 e. The van der Waals surface area contributed by atoms with Gasteiger partial charge in [0.25, 0.3) is 0 Å². The zero-order valence-electron chi connectivity index (χ0n) is 10.9. The molecule has 0 saturated carbocycles. The maximum absolute atomic E-state index is 11.6. The van der Waals surface area contributed by atoms with Gasteiger partial charge in [0.1, 0.15) is 0 Å². The minimum atomic E-state index is 0.184. The molecule has 4 heteroatoms. The van der Waals surface area contributed by atoms with Crippen LogP contribution in [0.25, 0.3) is 0 Å². The Kier molecular flexibility index (Phi) is 4.33. The number of nitrogens with two attached hydrogens (primary N) is 1.